The highest BCUT2D eigenvalue weighted by atomic mass is 16.5. The molecule has 1 rings (SSSR count). The van der Waals surface area contributed by atoms with Crippen LogP contribution in [0.4, 0.5) is 0 Å². The molecule has 0 aliphatic carbocycles. The number of allylic oxidation sites excluding steroid dienone is 1. The first kappa shape index (κ1) is 17.2. The van der Waals surface area contributed by atoms with Crippen LogP contribution in [0, 0.1) is 0 Å². The highest BCUT2D eigenvalue weighted by Gasteiger charge is 1.88. The van der Waals surface area contributed by atoms with E-state index in [9.17, 15) is 0 Å². The van der Waals surface area contributed by atoms with E-state index < -0.39 is 0 Å². The first-order valence-corrected chi connectivity index (χ1v) is 6.10. The smallest absolute Gasteiger partial charge is 0.119 e. The molecule has 1 aromatic carbocycles. The Bertz CT molecular complexity index is 216. The topological polar surface area (TPSA) is 9.23 Å². The molecule has 0 unspecified atom stereocenters. The summed E-state index contributed by atoms with van der Waals surface area (Å²) in [5, 5.41) is 0. The Morgan fingerprint density at radius 2 is 1.69 bits per heavy atom. The lowest BCUT2D eigenvalue weighted by Crippen LogP contribution is -1.95. The van der Waals surface area contributed by atoms with E-state index in [1.807, 2.05) is 51.1 Å². The van der Waals surface area contributed by atoms with Crippen molar-refractivity contribution in [2.24, 2.45) is 0 Å². The number of rotatable bonds is 4. The van der Waals surface area contributed by atoms with Gasteiger partial charge in [0.05, 0.1) is 6.61 Å². The highest BCUT2D eigenvalue weighted by Crippen LogP contribution is 2.08. The van der Waals surface area contributed by atoms with Crippen molar-refractivity contribution in [3.05, 3.63) is 43.0 Å². The Morgan fingerprint density at radius 3 is 2.12 bits per heavy atom. The first-order valence-electron chi connectivity index (χ1n) is 6.10. The van der Waals surface area contributed by atoms with Crippen LogP contribution in [-0.4, -0.2) is 6.61 Å². The maximum Gasteiger partial charge on any atom is 0.119 e. The fourth-order valence-electron chi connectivity index (χ4n) is 0.851. The van der Waals surface area contributed by atoms with Crippen LogP contribution in [0.15, 0.2) is 43.0 Å². The van der Waals surface area contributed by atoms with Gasteiger partial charge in [0.25, 0.3) is 0 Å². The third-order valence-electron chi connectivity index (χ3n) is 1.51. The number of benzene rings is 1. The van der Waals surface area contributed by atoms with Crippen molar-refractivity contribution in [2.45, 2.75) is 40.5 Å². The van der Waals surface area contributed by atoms with Crippen LogP contribution in [0.2, 0.25) is 0 Å². The molecule has 0 amide bonds. The van der Waals surface area contributed by atoms with Crippen LogP contribution in [-0.2, 0) is 0 Å². The quantitative estimate of drug-likeness (QED) is 0.509. The van der Waals surface area contributed by atoms with Gasteiger partial charge in [-0.15, -0.1) is 6.58 Å². The summed E-state index contributed by atoms with van der Waals surface area (Å²) in [6.07, 6.45) is 4.07. The van der Waals surface area contributed by atoms with E-state index in [2.05, 4.69) is 13.5 Å². The molecular formula is C15H26O. The lowest BCUT2D eigenvalue weighted by Gasteiger charge is -2.03. The fourth-order valence-corrected chi connectivity index (χ4v) is 0.851. The molecule has 0 saturated carbocycles. The minimum Gasteiger partial charge on any atom is -0.494 e. The number of unbranched alkanes of at least 4 members (excludes halogenated alkanes) is 1. The third kappa shape index (κ3) is 12.8. The second-order valence-electron chi connectivity index (χ2n) is 2.92. The Hall–Kier alpha value is -1.24. The van der Waals surface area contributed by atoms with E-state index in [1.165, 1.54) is 6.42 Å². The molecule has 0 aliphatic rings. The summed E-state index contributed by atoms with van der Waals surface area (Å²) in [6, 6.07) is 9.93. The number of para-hydroxylation sites is 1. The minimum absolute atomic E-state index is 0.834. The molecule has 0 atom stereocenters. The van der Waals surface area contributed by atoms with Crippen LogP contribution in [0.25, 0.3) is 0 Å². The van der Waals surface area contributed by atoms with Gasteiger partial charge in [-0.3, -0.25) is 0 Å². The van der Waals surface area contributed by atoms with E-state index >= 15 is 0 Å². The van der Waals surface area contributed by atoms with Gasteiger partial charge in [0.1, 0.15) is 5.75 Å². The Kier molecular flexibility index (Phi) is 17.4. The van der Waals surface area contributed by atoms with Gasteiger partial charge in [-0.25, -0.2) is 0 Å². The van der Waals surface area contributed by atoms with Gasteiger partial charge in [0.2, 0.25) is 0 Å². The molecule has 1 aromatic rings. The van der Waals surface area contributed by atoms with E-state index in [-0.39, 0.29) is 0 Å². The average molecular weight is 222 g/mol. The molecule has 16 heavy (non-hydrogen) atoms. The zero-order valence-electron chi connectivity index (χ0n) is 11.2. The summed E-state index contributed by atoms with van der Waals surface area (Å²) in [4.78, 5) is 0. The molecule has 0 heterocycles. The average Bonchev–Trinajstić information content (AvgIpc) is 2.34. The number of ether oxygens (including phenoxy) is 1. The van der Waals surface area contributed by atoms with Crippen LogP contribution in [0.1, 0.15) is 40.5 Å². The van der Waals surface area contributed by atoms with Crippen LogP contribution in [0.3, 0.4) is 0 Å². The maximum absolute atomic E-state index is 5.45. The zero-order valence-corrected chi connectivity index (χ0v) is 11.2. The maximum atomic E-state index is 5.45. The van der Waals surface area contributed by atoms with Gasteiger partial charge in [-0.2, -0.15) is 0 Å². The second kappa shape index (κ2) is 16.2. The van der Waals surface area contributed by atoms with Crippen LogP contribution < -0.4 is 4.74 Å². The fraction of sp³-hybridized carbons (Fsp3) is 0.467. The molecule has 0 bridgehead atoms. The standard InChI is InChI=1S/C10H14O.C3H6.C2H6/c1-2-3-9-11-10-7-5-4-6-8-10;1-3-2;1-2/h4-8H,2-3,9H2,1H3;3H,1H2,2H3;1-2H3. The summed E-state index contributed by atoms with van der Waals surface area (Å²) in [7, 11) is 0. The Balaban J connectivity index is 0. The van der Waals surface area contributed by atoms with Crippen molar-refractivity contribution in [3.63, 3.8) is 0 Å². The molecule has 0 spiro atoms. The van der Waals surface area contributed by atoms with Crippen LogP contribution >= 0.6 is 0 Å². The van der Waals surface area contributed by atoms with Gasteiger partial charge >= 0.3 is 0 Å². The summed E-state index contributed by atoms with van der Waals surface area (Å²) in [6.45, 7) is 12.2. The van der Waals surface area contributed by atoms with Crippen molar-refractivity contribution in [3.8, 4) is 5.75 Å². The van der Waals surface area contributed by atoms with Gasteiger partial charge in [-0.1, -0.05) is 51.5 Å². The predicted octanol–water partition coefficient (Wildman–Crippen LogP) is 5.08. The summed E-state index contributed by atoms with van der Waals surface area (Å²) in [5.74, 6) is 0.973. The third-order valence-corrected chi connectivity index (χ3v) is 1.51. The molecule has 0 N–H and O–H groups in total. The summed E-state index contributed by atoms with van der Waals surface area (Å²) in [5.41, 5.74) is 0. The van der Waals surface area contributed by atoms with Crippen molar-refractivity contribution in [1.82, 2.24) is 0 Å². The second-order valence-corrected chi connectivity index (χ2v) is 2.92. The van der Waals surface area contributed by atoms with Gasteiger partial charge in [0.15, 0.2) is 0 Å². The predicted molar refractivity (Wildman–Crippen MR) is 74.1 cm³/mol. The van der Waals surface area contributed by atoms with E-state index in [1.54, 1.807) is 6.08 Å². The largest absolute Gasteiger partial charge is 0.494 e. The molecule has 92 valence electrons. The van der Waals surface area contributed by atoms with Crippen molar-refractivity contribution in [2.75, 3.05) is 6.61 Å². The lowest BCUT2D eigenvalue weighted by atomic mass is 10.3. The summed E-state index contributed by atoms with van der Waals surface area (Å²) < 4.78 is 5.45. The van der Waals surface area contributed by atoms with E-state index in [0.717, 1.165) is 18.8 Å². The highest BCUT2D eigenvalue weighted by molar-refractivity contribution is 5.20. The van der Waals surface area contributed by atoms with Crippen molar-refractivity contribution in [1.29, 1.82) is 0 Å². The monoisotopic (exact) mass is 222 g/mol. The van der Waals surface area contributed by atoms with Gasteiger partial charge in [0, 0.05) is 0 Å². The van der Waals surface area contributed by atoms with Crippen LogP contribution in [0.5, 0.6) is 5.75 Å². The molecule has 1 nitrogen and oxygen atoms in total. The molecule has 1 heteroatoms. The Labute approximate surface area is 101 Å². The number of hydrogen-bond acceptors (Lipinski definition) is 1. The molecule has 0 saturated heterocycles. The normalized spacial score (nSPS) is 7.75. The molecule has 0 aromatic heterocycles. The lowest BCUT2D eigenvalue weighted by molar-refractivity contribution is 0.309. The first-order chi connectivity index (χ1) is 7.85. The minimum atomic E-state index is 0.834. The molecule has 0 radical (unpaired) electrons. The Morgan fingerprint density at radius 1 is 1.19 bits per heavy atom. The summed E-state index contributed by atoms with van der Waals surface area (Å²) >= 11 is 0. The molecule has 0 aliphatic heterocycles. The van der Waals surface area contributed by atoms with Crippen molar-refractivity contribution >= 4 is 0 Å². The van der Waals surface area contributed by atoms with Crippen molar-refractivity contribution < 1.29 is 4.74 Å². The zero-order chi connectivity index (χ0) is 12.6. The van der Waals surface area contributed by atoms with Gasteiger partial charge in [-0.05, 0) is 25.5 Å². The van der Waals surface area contributed by atoms with Gasteiger partial charge < -0.3 is 4.74 Å². The number of hydrogen-bond donors (Lipinski definition) is 0. The van der Waals surface area contributed by atoms with E-state index in [4.69, 9.17) is 4.74 Å². The van der Waals surface area contributed by atoms with E-state index in [0.29, 0.717) is 0 Å². The SMILES string of the molecule is C=CC.CC.CCCCOc1ccccc1. The molecule has 0 fully saturated rings. The molecular weight excluding hydrogens is 196 g/mol.